The molecule has 11 nitrogen and oxygen atoms in total. The van der Waals surface area contributed by atoms with Crippen LogP contribution in [0, 0.1) is 18.8 Å². The van der Waals surface area contributed by atoms with Gasteiger partial charge in [0.1, 0.15) is 22.8 Å². The first-order valence-corrected chi connectivity index (χ1v) is 11.0. The third-order valence-electron chi connectivity index (χ3n) is 7.45. The van der Waals surface area contributed by atoms with Crippen LogP contribution in [0.1, 0.15) is 16.7 Å². The number of Topliss-reactive ketones (excluding diaryl/α,β-unsaturated/α-hetero) is 2. The first-order chi connectivity index (χ1) is 16.2. The number of nitrogens with two attached hydrogens (primary N) is 1. The van der Waals surface area contributed by atoms with Crippen molar-refractivity contribution in [1.82, 2.24) is 4.90 Å². The molecule has 0 aromatic heterocycles. The Morgan fingerprint density at radius 3 is 2.26 bits per heavy atom. The molecule has 1 fully saturated rings. The minimum atomic E-state index is -2.91. The number of aliphatic hydroxyl groups excluding tert-OH is 3. The van der Waals surface area contributed by atoms with E-state index in [4.69, 9.17) is 5.73 Å². The Morgan fingerprint density at radius 2 is 1.74 bits per heavy atom. The van der Waals surface area contributed by atoms with E-state index in [9.17, 15) is 39.9 Å². The predicted molar refractivity (Wildman–Crippen MR) is 125 cm³/mol. The van der Waals surface area contributed by atoms with Crippen molar-refractivity contribution in [3.63, 3.8) is 0 Å². The molecule has 1 saturated carbocycles. The van der Waals surface area contributed by atoms with Crippen LogP contribution in [-0.2, 0) is 20.8 Å². The SMILES string of the molecule is Cc1cc(N(C)C)c2c(c1O)C(O)=C1C(=O)C3(O)C(O)=C(C(N)=O)C(=O)C(N(C)C)C3C(O)C1C2. The fourth-order valence-corrected chi connectivity index (χ4v) is 5.84. The van der Waals surface area contributed by atoms with Gasteiger partial charge in [-0.15, -0.1) is 0 Å². The molecule has 188 valence electrons. The number of likely N-dealkylation sites (N-methyl/N-ethyl adjacent to an activating group) is 1. The molecule has 5 atom stereocenters. The molecule has 0 saturated heterocycles. The zero-order valence-electron chi connectivity index (χ0n) is 20.0. The summed E-state index contributed by atoms with van der Waals surface area (Å²) in [5, 5.41) is 55.9. The molecule has 0 spiro atoms. The maximum atomic E-state index is 13.8. The molecule has 0 radical (unpaired) electrons. The van der Waals surface area contributed by atoms with E-state index >= 15 is 0 Å². The van der Waals surface area contributed by atoms with Crippen LogP contribution in [0.4, 0.5) is 5.69 Å². The van der Waals surface area contributed by atoms with Gasteiger partial charge in [0.05, 0.1) is 23.6 Å². The molecule has 35 heavy (non-hydrogen) atoms. The van der Waals surface area contributed by atoms with E-state index < -0.39 is 69.7 Å². The number of amides is 1. The fraction of sp³-hybridized carbons (Fsp3) is 0.458. The molecule has 3 aliphatic rings. The van der Waals surface area contributed by atoms with Gasteiger partial charge >= 0.3 is 0 Å². The summed E-state index contributed by atoms with van der Waals surface area (Å²) in [6, 6.07) is 0.336. The van der Waals surface area contributed by atoms with Crippen LogP contribution in [0.25, 0.3) is 5.76 Å². The van der Waals surface area contributed by atoms with Gasteiger partial charge in [-0.1, -0.05) is 0 Å². The van der Waals surface area contributed by atoms with Gasteiger partial charge in [0.25, 0.3) is 5.91 Å². The number of hydrogen-bond donors (Lipinski definition) is 6. The number of aryl methyl sites for hydroxylation is 1. The van der Waals surface area contributed by atoms with Crippen LogP contribution < -0.4 is 10.6 Å². The number of phenols is 1. The Balaban J connectivity index is 2.06. The first kappa shape index (κ1) is 24.7. The number of anilines is 1. The third kappa shape index (κ3) is 3.05. The van der Waals surface area contributed by atoms with Gasteiger partial charge in [0.2, 0.25) is 5.78 Å². The highest BCUT2D eigenvalue weighted by molar-refractivity contribution is 6.24. The van der Waals surface area contributed by atoms with Crippen LogP contribution >= 0.6 is 0 Å². The first-order valence-electron chi connectivity index (χ1n) is 11.0. The van der Waals surface area contributed by atoms with Crippen LogP contribution in [-0.4, -0.2) is 93.8 Å². The number of aliphatic hydroxyl groups is 4. The number of primary amides is 1. The normalized spacial score (nSPS) is 30.3. The molecule has 7 N–H and O–H groups in total. The summed E-state index contributed by atoms with van der Waals surface area (Å²) in [7, 11) is 6.45. The Morgan fingerprint density at radius 1 is 1.14 bits per heavy atom. The van der Waals surface area contributed by atoms with Crippen molar-refractivity contribution in [2.24, 2.45) is 17.6 Å². The van der Waals surface area contributed by atoms with Gasteiger partial charge in [-0.3, -0.25) is 19.3 Å². The lowest BCUT2D eigenvalue weighted by Gasteiger charge is -2.52. The molecule has 11 heteroatoms. The Bertz CT molecular complexity index is 1250. The molecule has 1 aromatic carbocycles. The molecular weight excluding hydrogens is 458 g/mol. The average molecular weight is 488 g/mol. The van der Waals surface area contributed by atoms with E-state index in [-0.39, 0.29) is 17.7 Å². The van der Waals surface area contributed by atoms with Crippen molar-refractivity contribution in [2.75, 3.05) is 33.1 Å². The number of aromatic hydroxyl groups is 1. The standard InChI is InChI=1S/C24H29N3O8/c1-8-6-11(26(2)3)9-7-10-13(19(30)12(9)17(8)28)21(32)24(35)15(18(10)29)16(27(4)5)20(31)14(22(24)33)23(25)34/h6,10,15-16,18,28-30,33,35H,7H2,1-5H3,(H2,25,34). The summed E-state index contributed by atoms with van der Waals surface area (Å²) < 4.78 is 0. The molecule has 5 unspecified atom stereocenters. The number of carbonyl (C=O) groups is 3. The average Bonchev–Trinajstić information content (AvgIpc) is 2.75. The van der Waals surface area contributed by atoms with Crippen molar-refractivity contribution >= 4 is 28.9 Å². The van der Waals surface area contributed by atoms with E-state index in [1.165, 1.54) is 19.0 Å². The number of phenolic OH excluding ortho intramolecular Hbond substituents is 1. The largest absolute Gasteiger partial charge is 0.508 e. The number of carbonyl (C=O) groups excluding carboxylic acids is 3. The lowest BCUT2D eigenvalue weighted by Crippen LogP contribution is -2.70. The Labute approximate surface area is 201 Å². The quantitative estimate of drug-likeness (QED) is 0.298. The second-order valence-electron chi connectivity index (χ2n) is 9.85. The van der Waals surface area contributed by atoms with Gasteiger partial charge < -0.3 is 36.2 Å². The van der Waals surface area contributed by atoms with Gasteiger partial charge in [-0.05, 0) is 44.6 Å². The number of ketones is 2. The van der Waals surface area contributed by atoms with E-state index in [0.29, 0.717) is 16.8 Å². The Hall–Kier alpha value is -3.41. The van der Waals surface area contributed by atoms with E-state index in [0.717, 1.165) is 0 Å². The van der Waals surface area contributed by atoms with Crippen LogP contribution in [0.3, 0.4) is 0 Å². The number of hydrogen-bond acceptors (Lipinski definition) is 10. The van der Waals surface area contributed by atoms with E-state index in [1.54, 1.807) is 32.0 Å². The number of nitrogens with zero attached hydrogens (tertiary/aromatic N) is 2. The van der Waals surface area contributed by atoms with E-state index in [2.05, 4.69) is 0 Å². The minimum absolute atomic E-state index is 0.00292. The molecular formula is C24H29N3O8. The maximum absolute atomic E-state index is 13.8. The van der Waals surface area contributed by atoms with Gasteiger partial charge in [0.15, 0.2) is 11.4 Å². The summed E-state index contributed by atoms with van der Waals surface area (Å²) >= 11 is 0. The molecule has 0 aliphatic heterocycles. The monoisotopic (exact) mass is 487 g/mol. The maximum Gasteiger partial charge on any atom is 0.255 e. The van der Waals surface area contributed by atoms with Crippen LogP contribution in [0.5, 0.6) is 5.75 Å². The van der Waals surface area contributed by atoms with Crippen molar-refractivity contribution in [1.29, 1.82) is 0 Å². The summed E-state index contributed by atoms with van der Waals surface area (Å²) in [5.41, 5.74) is 2.57. The Kier molecular flexibility index (Phi) is 5.51. The third-order valence-corrected chi connectivity index (χ3v) is 7.45. The highest BCUT2D eigenvalue weighted by Crippen LogP contribution is 2.54. The second kappa shape index (κ2) is 7.80. The zero-order chi connectivity index (χ0) is 26.3. The highest BCUT2D eigenvalue weighted by Gasteiger charge is 2.67. The van der Waals surface area contributed by atoms with Gasteiger partial charge in [-0.2, -0.15) is 0 Å². The second-order valence-corrected chi connectivity index (χ2v) is 9.85. The van der Waals surface area contributed by atoms with Crippen molar-refractivity contribution in [3.05, 3.63) is 39.7 Å². The summed E-state index contributed by atoms with van der Waals surface area (Å²) in [6.45, 7) is 1.62. The molecule has 0 bridgehead atoms. The number of benzene rings is 1. The van der Waals surface area contributed by atoms with Crippen molar-refractivity contribution in [3.8, 4) is 5.75 Å². The summed E-state index contributed by atoms with van der Waals surface area (Å²) in [4.78, 5) is 42.0. The zero-order valence-corrected chi connectivity index (χ0v) is 20.0. The van der Waals surface area contributed by atoms with Crippen LogP contribution in [0.15, 0.2) is 23.0 Å². The smallest absolute Gasteiger partial charge is 0.255 e. The summed E-state index contributed by atoms with van der Waals surface area (Å²) in [5.74, 6) is -8.26. The minimum Gasteiger partial charge on any atom is -0.508 e. The van der Waals surface area contributed by atoms with Gasteiger partial charge in [-0.25, -0.2) is 0 Å². The topological polar surface area (TPSA) is 185 Å². The molecule has 4 rings (SSSR count). The molecule has 3 aliphatic carbocycles. The van der Waals surface area contributed by atoms with Crippen molar-refractivity contribution < 1.29 is 39.9 Å². The fourth-order valence-electron chi connectivity index (χ4n) is 5.84. The number of rotatable bonds is 3. The molecule has 0 heterocycles. The van der Waals surface area contributed by atoms with Gasteiger partial charge in [0, 0.05) is 31.3 Å². The highest BCUT2D eigenvalue weighted by atomic mass is 16.4. The van der Waals surface area contributed by atoms with E-state index in [1.807, 2.05) is 0 Å². The van der Waals surface area contributed by atoms with Crippen LogP contribution in [0.2, 0.25) is 0 Å². The summed E-state index contributed by atoms with van der Waals surface area (Å²) in [6.07, 6.45) is -1.61. The molecule has 1 amide bonds. The van der Waals surface area contributed by atoms with Crippen molar-refractivity contribution in [2.45, 2.75) is 31.1 Å². The lowest BCUT2D eigenvalue weighted by molar-refractivity contribution is -0.168. The predicted octanol–water partition coefficient (Wildman–Crippen LogP) is -0.691. The number of fused-ring (bicyclic) bond motifs is 3. The molecule has 1 aromatic rings. The lowest BCUT2D eigenvalue weighted by atomic mass is 9.56.